The molecule has 4 atom stereocenters. The van der Waals surface area contributed by atoms with E-state index >= 15 is 0 Å². The smallest absolute Gasteiger partial charge is 0.314 e. The Morgan fingerprint density at radius 1 is 1.29 bits per heavy atom. The number of aliphatic carboxylic acids is 1. The summed E-state index contributed by atoms with van der Waals surface area (Å²) >= 11 is 0. The number of hydrogen-bond acceptors (Lipinski definition) is 3. The van der Waals surface area contributed by atoms with Gasteiger partial charge in [-0.1, -0.05) is 31.1 Å². The molecular formula is C20H27NO3. The Kier molecular flexibility index (Phi) is 3.29. The van der Waals surface area contributed by atoms with Crippen LogP contribution < -0.4 is 0 Å². The Morgan fingerprint density at radius 3 is 2.75 bits per heavy atom. The molecule has 0 spiro atoms. The van der Waals surface area contributed by atoms with Crippen molar-refractivity contribution in [2.24, 2.45) is 22.7 Å². The number of Topliss-reactive ketones (excluding diaryl/α,β-unsaturated/α-hetero) is 1. The molecule has 3 aliphatic carbocycles. The van der Waals surface area contributed by atoms with E-state index in [9.17, 15) is 14.7 Å². The molecule has 1 unspecified atom stereocenters. The number of carboxylic acids is 1. The topological polar surface area (TPSA) is 57.6 Å². The van der Waals surface area contributed by atoms with Crippen molar-refractivity contribution in [2.75, 3.05) is 13.6 Å². The van der Waals surface area contributed by atoms with Crippen LogP contribution in [-0.4, -0.2) is 35.4 Å². The number of nitrogens with zero attached hydrogens (tertiary/aromatic N) is 1. The van der Waals surface area contributed by atoms with Crippen molar-refractivity contribution in [1.29, 1.82) is 0 Å². The molecule has 4 heteroatoms. The molecule has 4 rings (SSSR count). The van der Waals surface area contributed by atoms with Crippen LogP contribution in [0.1, 0.15) is 52.4 Å². The molecule has 0 radical (unpaired) electrons. The monoisotopic (exact) mass is 329 g/mol. The molecule has 0 aromatic carbocycles. The minimum Gasteiger partial charge on any atom is -0.481 e. The summed E-state index contributed by atoms with van der Waals surface area (Å²) in [7, 11) is 2.19. The lowest BCUT2D eigenvalue weighted by molar-refractivity contribution is -0.148. The van der Waals surface area contributed by atoms with Crippen molar-refractivity contribution in [3.8, 4) is 0 Å². The third-order valence-electron chi connectivity index (χ3n) is 7.48. The normalized spacial score (nSPS) is 41.5. The van der Waals surface area contributed by atoms with Crippen LogP contribution in [0.3, 0.4) is 0 Å². The Labute approximate surface area is 143 Å². The molecule has 1 saturated carbocycles. The average molecular weight is 329 g/mol. The maximum Gasteiger partial charge on any atom is 0.314 e. The standard InChI is InChI=1S/C20H27NO3/c1-19-8-4-10-21(3)16(19)6-5-12-13(19)7-9-20(2)14(12)11-15(22)17(20)18(23)24/h6,13,17H,4-5,7-11H2,1-3H3,(H,23,24)/t13-,17?,19+,20-/m0/s1. The van der Waals surface area contributed by atoms with E-state index in [2.05, 4.69) is 24.9 Å². The lowest BCUT2D eigenvalue weighted by atomic mass is 9.54. The largest absolute Gasteiger partial charge is 0.481 e. The number of rotatable bonds is 1. The fourth-order valence-electron chi connectivity index (χ4n) is 6.31. The zero-order valence-corrected chi connectivity index (χ0v) is 14.9. The van der Waals surface area contributed by atoms with Crippen LogP contribution in [0.5, 0.6) is 0 Å². The van der Waals surface area contributed by atoms with Gasteiger partial charge in [-0.2, -0.15) is 0 Å². The molecule has 24 heavy (non-hydrogen) atoms. The molecule has 0 bridgehead atoms. The van der Waals surface area contributed by atoms with Crippen LogP contribution in [-0.2, 0) is 9.59 Å². The first kappa shape index (κ1) is 15.9. The van der Waals surface area contributed by atoms with E-state index in [0.717, 1.165) is 25.8 Å². The van der Waals surface area contributed by atoms with Gasteiger partial charge in [0.25, 0.3) is 0 Å². The third-order valence-corrected chi connectivity index (χ3v) is 7.48. The lowest BCUT2D eigenvalue weighted by Gasteiger charge is -2.54. The number of piperidine rings is 1. The van der Waals surface area contributed by atoms with Gasteiger partial charge in [-0.3, -0.25) is 9.59 Å². The molecule has 2 fully saturated rings. The number of carboxylic acid groups (broad SMARTS) is 1. The highest BCUT2D eigenvalue weighted by molar-refractivity contribution is 6.03. The van der Waals surface area contributed by atoms with Crippen LogP contribution in [0.4, 0.5) is 0 Å². The quantitative estimate of drug-likeness (QED) is 0.592. The summed E-state index contributed by atoms with van der Waals surface area (Å²) in [5.41, 5.74) is 3.71. The first-order valence-electron chi connectivity index (χ1n) is 9.19. The van der Waals surface area contributed by atoms with Gasteiger partial charge in [0.15, 0.2) is 5.78 Å². The molecule has 4 aliphatic rings. The van der Waals surface area contributed by atoms with Gasteiger partial charge in [-0.05, 0) is 38.0 Å². The van der Waals surface area contributed by atoms with Crippen LogP contribution >= 0.6 is 0 Å². The zero-order chi connectivity index (χ0) is 17.3. The van der Waals surface area contributed by atoms with Gasteiger partial charge in [-0.15, -0.1) is 0 Å². The molecule has 0 aromatic heterocycles. The van der Waals surface area contributed by atoms with E-state index in [4.69, 9.17) is 0 Å². The second-order valence-corrected chi connectivity index (χ2v) is 8.66. The fourth-order valence-corrected chi connectivity index (χ4v) is 6.31. The van der Waals surface area contributed by atoms with Gasteiger partial charge >= 0.3 is 5.97 Å². The van der Waals surface area contributed by atoms with Crippen molar-refractivity contribution in [3.05, 3.63) is 22.9 Å². The van der Waals surface area contributed by atoms with Gasteiger partial charge in [0.05, 0.1) is 0 Å². The highest BCUT2D eigenvalue weighted by Crippen LogP contribution is 2.62. The summed E-state index contributed by atoms with van der Waals surface area (Å²) in [6, 6.07) is 0. The van der Waals surface area contributed by atoms with E-state index in [1.165, 1.54) is 29.7 Å². The molecule has 0 amide bonds. The van der Waals surface area contributed by atoms with Crippen molar-refractivity contribution < 1.29 is 14.7 Å². The van der Waals surface area contributed by atoms with Crippen molar-refractivity contribution in [2.45, 2.75) is 52.4 Å². The van der Waals surface area contributed by atoms with E-state index in [0.29, 0.717) is 12.3 Å². The van der Waals surface area contributed by atoms with E-state index in [1.54, 1.807) is 0 Å². The van der Waals surface area contributed by atoms with Gasteiger partial charge < -0.3 is 10.0 Å². The average Bonchev–Trinajstić information content (AvgIpc) is 2.77. The number of likely N-dealkylation sites (tertiary alicyclic amines) is 1. The summed E-state index contributed by atoms with van der Waals surface area (Å²) in [6.07, 6.45) is 7.83. The molecular weight excluding hydrogens is 302 g/mol. The Hall–Kier alpha value is -1.58. The van der Waals surface area contributed by atoms with E-state index < -0.39 is 17.3 Å². The first-order valence-corrected chi connectivity index (χ1v) is 9.19. The highest BCUT2D eigenvalue weighted by Gasteiger charge is 2.58. The van der Waals surface area contributed by atoms with Crippen LogP contribution in [0.15, 0.2) is 22.9 Å². The number of hydrogen-bond donors (Lipinski definition) is 1. The van der Waals surface area contributed by atoms with Gasteiger partial charge in [0, 0.05) is 36.5 Å². The minimum absolute atomic E-state index is 0.0890. The third kappa shape index (κ3) is 1.86. The molecule has 1 heterocycles. The molecule has 4 nitrogen and oxygen atoms in total. The molecule has 0 aromatic rings. The van der Waals surface area contributed by atoms with Crippen LogP contribution in [0, 0.1) is 22.7 Å². The molecule has 1 saturated heterocycles. The maximum atomic E-state index is 12.4. The van der Waals surface area contributed by atoms with Gasteiger partial charge in [0.2, 0.25) is 0 Å². The second kappa shape index (κ2) is 4.96. The summed E-state index contributed by atoms with van der Waals surface area (Å²) in [6.45, 7) is 5.52. The number of carbonyl (C=O) groups excluding carboxylic acids is 1. The first-order chi connectivity index (χ1) is 11.3. The van der Waals surface area contributed by atoms with Crippen molar-refractivity contribution in [3.63, 3.8) is 0 Å². The van der Waals surface area contributed by atoms with Gasteiger partial charge in [-0.25, -0.2) is 0 Å². The highest BCUT2D eigenvalue weighted by atomic mass is 16.4. The van der Waals surface area contributed by atoms with Crippen LogP contribution in [0.2, 0.25) is 0 Å². The van der Waals surface area contributed by atoms with Crippen molar-refractivity contribution in [1.82, 2.24) is 4.90 Å². The molecule has 130 valence electrons. The second-order valence-electron chi connectivity index (χ2n) is 8.66. The predicted molar refractivity (Wildman–Crippen MR) is 91.3 cm³/mol. The Morgan fingerprint density at radius 2 is 2.04 bits per heavy atom. The van der Waals surface area contributed by atoms with E-state index in [-0.39, 0.29) is 11.2 Å². The summed E-state index contributed by atoms with van der Waals surface area (Å²) in [5, 5.41) is 9.59. The number of carbonyl (C=O) groups is 2. The molecule has 1 aliphatic heterocycles. The Balaban J connectivity index is 1.83. The van der Waals surface area contributed by atoms with Crippen molar-refractivity contribution >= 4 is 11.8 Å². The number of allylic oxidation sites excluding steroid dienone is 4. The lowest BCUT2D eigenvalue weighted by Crippen LogP contribution is -2.47. The maximum absolute atomic E-state index is 12.4. The minimum atomic E-state index is -0.938. The predicted octanol–water partition coefficient (Wildman–Crippen LogP) is 3.39. The summed E-state index contributed by atoms with van der Waals surface area (Å²) < 4.78 is 0. The van der Waals surface area contributed by atoms with Crippen LogP contribution in [0.25, 0.3) is 0 Å². The summed E-state index contributed by atoms with van der Waals surface area (Å²) in [5.74, 6) is -1.39. The number of fused-ring (bicyclic) bond motifs is 4. The SMILES string of the molecule is CN1CCC[C@@]2(C)C1=CCC1=C3CC(=O)C(C(=O)O)[C@@]3(C)CC[C@@H]12. The zero-order valence-electron chi connectivity index (χ0n) is 14.9. The fraction of sp³-hybridized carbons (Fsp3) is 0.700. The molecule has 1 N–H and O–H groups in total. The Bertz CT molecular complexity index is 691. The number of ketones is 1. The summed E-state index contributed by atoms with van der Waals surface area (Å²) in [4.78, 5) is 26.5. The van der Waals surface area contributed by atoms with E-state index in [1.807, 2.05) is 6.92 Å². The van der Waals surface area contributed by atoms with Gasteiger partial charge in [0.1, 0.15) is 5.92 Å².